The van der Waals surface area contributed by atoms with Gasteiger partial charge >= 0.3 is 22.2 Å². The molecule has 8 nitrogen and oxygen atoms in total. The van der Waals surface area contributed by atoms with Crippen molar-refractivity contribution in [2.45, 2.75) is 38.8 Å². The molecule has 0 aliphatic rings. The van der Waals surface area contributed by atoms with Crippen LogP contribution in [0.3, 0.4) is 0 Å². The van der Waals surface area contributed by atoms with E-state index in [1.807, 2.05) is 0 Å². The van der Waals surface area contributed by atoms with Crippen LogP contribution in [0.4, 0.5) is 4.79 Å². The first kappa shape index (κ1) is 20.8. The summed E-state index contributed by atoms with van der Waals surface area (Å²) >= 11 is 0. The van der Waals surface area contributed by atoms with Gasteiger partial charge in [-0.05, 0) is 38.5 Å². The highest BCUT2D eigenvalue weighted by Crippen LogP contribution is 2.22. The molecule has 0 heterocycles. The number of ether oxygens (including phenoxy) is 2. The van der Waals surface area contributed by atoms with Gasteiger partial charge in [-0.2, -0.15) is 8.42 Å². The van der Waals surface area contributed by atoms with E-state index in [2.05, 4.69) is 10.1 Å². The van der Waals surface area contributed by atoms with Gasteiger partial charge in [-0.3, -0.25) is 4.79 Å². The second-order valence-electron chi connectivity index (χ2n) is 6.34. The van der Waals surface area contributed by atoms with Crippen LogP contribution < -0.4 is 9.50 Å². The number of carbonyl (C=O) groups excluding carboxylic acids is 2. The standard InChI is InChI=1S/C16H23NO7S/c1-16(2,3)23-15(19)17-13(10-14(18)22-4)11-6-8-12(9-7-11)24-25(5,20)21/h6-9,13H,10H2,1-5H3,(H,17,19). The maximum Gasteiger partial charge on any atom is 0.408 e. The predicted molar refractivity (Wildman–Crippen MR) is 90.7 cm³/mol. The van der Waals surface area contributed by atoms with Crippen molar-refractivity contribution < 1.29 is 31.7 Å². The molecule has 1 aromatic rings. The molecule has 0 saturated carbocycles. The van der Waals surface area contributed by atoms with E-state index in [1.54, 1.807) is 32.9 Å². The summed E-state index contributed by atoms with van der Waals surface area (Å²) < 4.78 is 36.8. The van der Waals surface area contributed by atoms with Crippen LogP contribution in [0.25, 0.3) is 0 Å². The van der Waals surface area contributed by atoms with E-state index in [0.29, 0.717) is 5.56 Å². The van der Waals surface area contributed by atoms with Gasteiger partial charge in [0.2, 0.25) is 0 Å². The molecule has 25 heavy (non-hydrogen) atoms. The number of esters is 1. The van der Waals surface area contributed by atoms with Crippen LogP contribution in [-0.2, 0) is 24.4 Å². The maximum atomic E-state index is 12.0. The fourth-order valence-electron chi connectivity index (χ4n) is 1.88. The van der Waals surface area contributed by atoms with E-state index in [1.165, 1.54) is 19.2 Å². The first-order chi connectivity index (χ1) is 11.4. The van der Waals surface area contributed by atoms with E-state index in [4.69, 9.17) is 8.92 Å². The van der Waals surface area contributed by atoms with E-state index < -0.39 is 33.8 Å². The van der Waals surface area contributed by atoms with Crippen molar-refractivity contribution in [2.24, 2.45) is 0 Å². The van der Waals surface area contributed by atoms with Gasteiger partial charge in [-0.1, -0.05) is 12.1 Å². The number of hydrogen-bond acceptors (Lipinski definition) is 7. The first-order valence-electron chi connectivity index (χ1n) is 7.45. The van der Waals surface area contributed by atoms with Crippen molar-refractivity contribution in [1.82, 2.24) is 5.32 Å². The van der Waals surface area contributed by atoms with Gasteiger partial charge in [-0.25, -0.2) is 4.79 Å². The van der Waals surface area contributed by atoms with Crippen molar-refractivity contribution in [3.8, 4) is 5.75 Å². The van der Waals surface area contributed by atoms with Gasteiger partial charge < -0.3 is 19.0 Å². The van der Waals surface area contributed by atoms with Gasteiger partial charge in [0.1, 0.15) is 11.4 Å². The molecule has 9 heteroatoms. The Bertz CT molecular complexity index is 705. The monoisotopic (exact) mass is 373 g/mol. The number of rotatable bonds is 6. The molecule has 0 aromatic heterocycles. The Morgan fingerprint density at radius 2 is 1.72 bits per heavy atom. The molecule has 1 amide bonds. The molecular formula is C16H23NO7S. The third-order valence-electron chi connectivity index (χ3n) is 2.82. The van der Waals surface area contributed by atoms with Gasteiger partial charge in [0.15, 0.2) is 0 Å². The molecule has 1 atom stereocenters. The van der Waals surface area contributed by atoms with E-state index in [-0.39, 0.29) is 12.2 Å². The summed E-state index contributed by atoms with van der Waals surface area (Å²) in [5, 5.41) is 2.60. The Morgan fingerprint density at radius 3 is 2.16 bits per heavy atom. The quantitative estimate of drug-likeness (QED) is 0.601. The fraction of sp³-hybridized carbons (Fsp3) is 0.500. The number of nitrogens with one attached hydrogen (secondary N) is 1. The second-order valence-corrected chi connectivity index (χ2v) is 7.91. The fourth-order valence-corrected chi connectivity index (χ4v) is 2.34. The number of hydrogen-bond donors (Lipinski definition) is 1. The zero-order chi connectivity index (χ0) is 19.3. The van der Waals surface area contributed by atoms with Crippen LogP contribution in [0.15, 0.2) is 24.3 Å². The van der Waals surface area contributed by atoms with Gasteiger partial charge in [-0.15, -0.1) is 0 Å². The first-order valence-corrected chi connectivity index (χ1v) is 9.27. The lowest BCUT2D eigenvalue weighted by molar-refractivity contribution is -0.141. The molecule has 0 radical (unpaired) electrons. The van der Waals surface area contributed by atoms with Crippen molar-refractivity contribution >= 4 is 22.2 Å². The van der Waals surface area contributed by atoms with Crippen LogP contribution in [0, 0.1) is 0 Å². The van der Waals surface area contributed by atoms with Crippen LogP contribution in [0.5, 0.6) is 5.75 Å². The number of alkyl carbamates (subject to hydrolysis) is 1. The highest BCUT2D eigenvalue weighted by atomic mass is 32.2. The van der Waals surface area contributed by atoms with Crippen LogP contribution in [0.1, 0.15) is 38.8 Å². The molecule has 0 spiro atoms. The maximum absolute atomic E-state index is 12.0. The summed E-state index contributed by atoms with van der Waals surface area (Å²) in [6, 6.07) is 5.25. The minimum atomic E-state index is -3.64. The molecule has 1 N–H and O–H groups in total. The van der Waals surface area contributed by atoms with Crippen molar-refractivity contribution in [3.05, 3.63) is 29.8 Å². The molecule has 0 aliphatic heterocycles. The third kappa shape index (κ3) is 8.39. The van der Waals surface area contributed by atoms with Gasteiger partial charge in [0, 0.05) is 0 Å². The second kappa shape index (κ2) is 8.19. The highest BCUT2D eigenvalue weighted by Gasteiger charge is 2.23. The summed E-state index contributed by atoms with van der Waals surface area (Å²) in [5.41, 5.74) is -0.121. The number of carbonyl (C=O) groups is 2. The molecule has 0 bridgehead atoms. The minimum absolute atomic E-state index is 0.109. The summed E-state index contributed by atoms with van der Waals surface area (Å²) in [6.07, 6.45) is 0.144. The van der Waals surface area contributed by atoms with Gasteiger partial charge in [0.05, 0.1) is 25.8 Å². The molecule has 1 aromatic carbocycles. The number of methoxy groups -OCH3 is 1. The lowest BCUT2D eigenvalue weighted by Gasteiger charge is -2.23. The SMILES string of the molecule is COC(=O)CC(NC(=O)OC(C)(C)C)c1ccc(OS(C)(=O)=O)cc1. The molecule has 1 rings (SSSR count). The average Bonchev–Trinajstić information content (AvgIpc) is 2.43. The lowest BCUT2D eigenvalue weighted by Crippen LogP contribution is -2.36. The van der Waals surface area contributed by atoms with E-state index >= 15 is 0 Å². The van der Waals surface area contributed by atoms with Crippen LogP contribution in [-0.4, -0.2) is 39.4 Å². The summed E-state index contributed by atoms with van der Waals surface area (Å²) in [6.45, 7) is 5.16. The third-order valence-corrected chi connectivity index (χ3v) is 3.31. The Kier molecular flexibility index (Phi) is 6.80. The van der Waals surface area contributed by atoms with Crippen molar-refractivity contribution in [2.75, 3.05) is 13.4 Å². The normalized spacial score (nSPS) is 12.8. The van der Waals surface area contributed by atoms with Crippen molar-refractivity contribution in [3.63, 3.8) is 0 Å². The Morgan fingerprint density at radius 1 is 1.16 bits per heavy atom. The molecule has 0 aliphatic carbocycles. The zero-order valence-corrected chi connectivity index (χ0v) is 15.7. The number of benzene rings is 1. The minimum Gasteiger partial charge on any atom is -0.469 e. The Labute approximate surface area is 147 Å². The number of amides is 1. The highest BCUT2D eigenvalue weighted by molar-refractivity contribution is 7.86. The molecule has 140 valence electrons. The van der Waals surface area contributed by atoms with Gasteiger partial charge in [0.25, 0.3) is 0 Å². The zero-order valence-electron chi connectivity index (χ0n) is 14.9. The molecule has 0 fully saturated rings. The predicted octanol–water partition coefficient (Wildman–Crippen LogP) is 2.15. The smallest absolute Gasteiger partial charge is 0.408 e. The summed E-state index contributed by atoms with van der Waals surface area (Å²) in [7, 11) is -2.39. The van der Waals surface area contributed by atoms with Crippen LogP contribution in [0.2, 0.25) is 0 Å². The Hall–Kier alpha value is -2.29. The molecule has 0 saturated heterocycles. The van der Waals surface area contributed by atoms with E-state index in [0.717, 1.165) is 6.26 Å². The van der Waals surface area contributed by atoms with E-state index in [9.17, 15) is 18.0 Å². The largest absolute Gasteiger partial charge is 0.469 e. The summed E-state index contributed by atoms with van der Waals surface area (Å²) in [5.74, 6) is -0.391. The lowest BCUT2D eigenvalue weighted by atomic mass is 10.0. The Balaban J connectivity index is 2.95. The molecule has 1 unspecified atom stereocenters. The van der Waals surface area contributed by atoms with Crippen molar-refractivity contribution in [1.29, 1.82) is 0 Å². The summed E-state index contributed by atoms with van der Waals surface area (Å²) in [4.78, 5) is 23.6. The topological polar surface area (TPSA) is 108 Å². The van der Waals surface area contributed by atoms with Crippen LogP contribution >= 0.6 is 0 Å². The molecular weight excluding hydrogens is 350 g/mol. The average molecular weight is 373 g/mol.